The average molecular weight is 509 g/mol. The first-order valence-electron chi connectivity index (χ1n) is 11.8. The summed E-state index contributed by atoms with van der Waals surface area (Å²) >= 11 is 6.00. The lowest BCUT2D eigenvalue weighted by atomic mass is 9.90. The molecular weight excluding hydrogens is 476 g/mol. The van der Waals surface area contributed by atoms with E-state index >= 15 is 0 Å². The molecule has 3 rings (SSSR count). The van der Waals surface area contributed by atoms with E-state index in [0.717, 1.165) is 36.5 Å². The van der Waals surface area contributed by atoms with Gasteiger partial charge in [0.15, 0.2) is 0 Å². The Morgan fingerprint density at radius 2 is 1.69 bits per heavy atom. The van der Waals surface area contributed by atoms with Crippen LogP contribution in [-0.2, 0) is 16.0 Å². The second-order valence-electron chi connectivity index (χ2n) is 9.14. The number of carbonyl (C=O) groups is 2. The first-order valence-corrected chi connectivity index (χ1v) is 12.2. The van der Waals surface area contributed by atoms with Crippen molar-refractivity contribution in [1.82, 2.24) is 4.98 Å². The molecule has 0 spiro atoms. The third-order valence-corrected chi connectivity index (χ3v) is 5.83. The smallest absolute Gasteiger partial charge is 0.328 e. The molecule has 1 heterocycles. The molecule has 0 aliphatic rings. The highest BCUT2D eigenvalue weighted by Crippen LogP contribution is 2.27. The summed E-state index contributed by atoms with van der Waals surface area (Å²) in [6.07, 6.45) is 6.13. The molecule has 1 atom stereocenters. The zero-order chi connectivity index (χ0) is 26.4. The number of halogens is 1. The largest absolute Gasteiger partial charge is 0.545 e. The number of hydrogen-bond donors (Lipinski definition) is 2. The third kappa shape index (κ3) is 11.3. The summed E-state index contributed by atoms with van der Waals surface area (Å²) in [6.45, 7) is 5.74. The first kappa shape index (κ1) is 28.8. The molecule has 1 aromatic heterocycles. The predicted octanol–water partition coefficient (Wildman–Crippen LogP) is 3.61. The number of rotatable bonds is 11. The zero-order valence-electron chi connectivity index (χ0n) is 20.6. The predicted molar refractivity (Wildman–Crippen MR) is 140 cm³/mol. The highest BCUT2D eigenvalue weighted by atomic mass is 35.5. The number of hydrogen-bond acceptors (Lipinski definition) is 4. The van der Waals surface area contributed by atoms with Crippen molar-refractivity contribution in [1.29, 1.82) is 0 Å². The summed E-state index contributed by atoms with van der Waals surface area (Å²) in [5, 5.41) is 20.5. The molecule has 190 valence electrons. The molecule has 0 saturated heterocycles. The number of aliphatic carboxylic acids is 2. The maximum Gasteiger partial charge on any atom is 0.328 e. The molecule has 36 heavy (non-hydrogen) atoms. The monoisotopic (exact) mass is 508 g/mol. The molecular formula is C29H33ClN2O4. The van der Waals surface area contributed by atoms with Gasteiger partial charge in [-0.15, -0.1) is 0 Å². The van der Waals surface area contributed by atoms with Gasteiger partial charge in [-0.3, -0.25) is 4.98 Å². The van der Waals surface area contributed by atoms with Crippen LogP contribution in [0.2, 0.25) is 5.02 Å². The molecule has 0 radical (unpaired) electrons. The van der Waals surface area contributed by atoms with Crippen LogP contribution in [0.4, 0.5) is 0 Å². The Kier molecular flexibility index (Phi) is 11.8. The molecule has 0 bridgehead atoms. The van der Waals surface area contributed by atoms with Crippen molar-refractivity contribution in [2.45, 2.75) is 44.6 Å². The van der Waals surface area contributed by atoms with Gasteiger partial charge >= 0.3 is 5.97 Å². The van der Waals surface area contributed by atoms with Crippen molar-refractivity contribution in [3.63, 3.8) is 0 Å². The lowest BCUT2D eigenvalue weighted by Crippen LogP contribution is -2.95. The van der Waals surface area contributed by atoms with Crippen LogP contribution in [0, 0.1) is 0 Å². The Bertz CT molecular complexity index is 1050. The topological polar surface area (TPSA) is 107 Å². The van der Waals surface area contributed by atoms with E-state index in [1.165, 1.54) is 11.1 Å². The molecule has 7 heteroatoms. The van der Waals surface area contributed by atoms with Crippen molar-refractivity contribution in [3.05, 3.63) is 113 Å². The van der Waals surface area contributed by atoms with Gasteiger partial charge in [0.1, 0.15) is 0 Å². The van der Waals surface area contributed by atoms with Crippen LogP contribution in [0.5, 0.6) is 0 Å². The van der Waals surface area contributed by atoms with Gasteiger partial charge in [-0.05, 0) is 68.2 Å². The second-order valence-corrected chi connectivity index (χ2v) is 9.57. The summed E-state index contributed by atoms with van der Waals surface area (Å²) in [6, 6.07) is 25.2. The Balaban J connectivity index is 0.000000493. The highest BCUT2D eigenvalue weighted by molar-refractivity contribution is 6.30. The summed E-state index contributed by atoms with van der Waals surface area (Å²) in [5.74, 6) is -2.45. The maximum atomic E-state index is 9.53. The molecule has 3 N–H and O–H groups in total. The third-order valence-electron chi connectivity index (χ3n) is 5.58. The van der Waals surface area contributed by atoms with E-state index in [1.807, 2.05) is 24.4 Å². The van der Waals surface area contributed by atoms with Gasteiger partial charge in [0.2, 0.25) is 0 Å². The number of nitrogens with two attached hydrogens (primary N) is 1. The van der Waals surface area contributed by atoms with E-state index in [-0.39, 0.29) is 5.54 Å². The second kappa shape index (κ2) is 14.8. The van der Waals surface area contributed by atoms with Crippen LogP contribution in [0.1, 0.15) is 49.4 Å². The zero-order valence-corrected chi connectivity index (χ0v) is 21.4. The standard InChI is InChI=1S/C25H29ClN2.C4H4O4/c1-25(2,19-20-13-15-22(26)16-14-20)28-18-8-11-23(21-9-4-3-5-10-21)24-12-6-7-17-27-24;5-3(6)1-2-4(7)8/h3-7,9-10,12-17,23,28H,8,11,18-19H2,1-2H3;1-2H,(H,5,6)(H,7,8)/b;2-1+. The Morgan fingerprint density at radius 3 is 2.25 bits per heavy atom. The first-order chi connectivity index (χ1) is 17.2. The van der Waals surface area contributed by atoms with E-state index in [9.17, 15) is 14.7 Å². The number of aromatic nitrogens is 1. The minimum Gasteiger partial charge on any atom is -0.545 e. The summed E-state index contributed by atoms with van der Waals surface area (Å²) in [4.78, 5) is 23.6. The fraction of sp³-hybridized carbons (Fsp3) is 0.276. The number of carbonyl (C=O) groups excluding carboxylic acids is 1. The van der Waals surface area contributed by atoms with Crippen LogP contribution in [0.25, 0.3) is 0 Å². The molecule has 2 aromatic carbocycles. The number of carboxylic acids is 2. The Labute approximate surface area is 217 Å². The average Bonchev–Trinajstić information content (AvgIpc) is 2.85. The van der Waals surface area contributed by atoms with Crippen LogP contribution in [0.15, 0.2) is 91.1 Å². The van der Waals surface area contributed by atoms with Crippen molar-refractivity contribution in [2.75, 3.05) is 6.54 Å². The lowest BCUT2D eigenvalue weighted by molar-refractivity contribution is -0.720. The normalized spacial score (nSPS) is 12.0. The van der Waals surface area contributed by atoms with Crippen LogP contribution in [0.3, 0.4) is 0 Å². The molecule has 0 amide bonds. The lowest BCUT2D eigenvalue weighted by Gasteiger charge is -2.24. The van der Waals surface area contributed by atoms with Gasteiger partial charge in [-0.1, -0.05) is 60.1 Å². The number of nitrogens with zero attached hydrogens (tertiary/aromatic N) is 1. The van der Waals surface area contributed by atoms with E-state index in [4.69, 9.17) is 16.7 Å². The van der Waals surface area contributed by atoms with E-state index in [1.54, 1.807) is 0 Å². The fourth-order valence-electron chi connectivity index (χ4n) is 3.91. The van der Waals surface area contributed by atoms with Gasteiger partial charge in [0.25, 0.3) is 0 Å². The molecule has 3 aromatic rings. The molecule has 1 unspecified atom stereocenters. The maximum absolute atomic E-state index is 9.53. The number of quaternary nitrogens is 1. The minimum atomic E-state index is -1.51. The molecule has 6 nitrogen and oxygen atoms in total. The van der Waals surface area contributed by atoms with Crippen molar-refractivity contribution in [2.24, 2.45) is 0 Å². The number of benzene rings is 2. The molecule has 0 fully saturated rings. The van der Waals surface area contributed by atoms with Gasteiger partial charge in [0.05, 0.1) is 18.1 Å². The van der Waals surface area contributed by atoms with E-state index < -0.39 is 11.9 Å². The van der Waals surface area contributed by atoms with E-state index in [2.05, 4.69) is 78.7 Å². The Morgan fingerprint density at radius 1 is 1.03 bits per heavy atom. The number of pyridine rings is 1. The van der Waals surface area contributed by atoms with Crippen molar-refractivity contribution in [3.8, 4) is 0 Å². The van der Waals surface area contributed by atoms with Crippen LogP contribution >= 0.6 is 11.6 Å². The van der Waals surface area contributed by atoms with E-state index in [0.29, 0.717) is 18.1 Å². The van der Waals surface area contributed by atoms with Crippen LogP contribution in [-0.4, -0.2) is 34.1 Å². The molecule has 0 saturated carbocycles. The molecule has 0 aliphatic carbocycles. The Hall–Kier alpha value is -3.48. The van der Waals surface area contributed by atoms with Crippen molar-refractivity contribution >= 4 is 23.5 Å². The quantitative estimate of drug-likeness (QED) is 0.304. The van der Waals surface area contributed by atoms with Gasteiger partial charge in [-0.2, -0.15) is 0 Å². The van der Waals surface area contributed by atoms with Gasteiger partial charge in [-0.25, -0.2) is 4.79 Å². The minimum absolute atomic E-state index is 0.168. The van der Waals surface area contributed by atoms with Gasteiger partial charge in [0, 0.05) is 35.3 Å². The molecule has 0 aliphatic heterocycles. The summed E-state index contributed by atoms with van der Waals surface area (Å²) in [7, 11) is 0. The van der Waals surface area contributed by atoms with Crippen LogP contribution < -0.4 is 10.4 Å². The highest BCUT2D eigenvalue weighted by Gasteiger charge is 2.22. The fourth-order valence-corrected chi connectivity index (χ4v) is 4.03. The number of carboxylic acid groups (broad SMARTS) is 2. The van der Waals surface area contributed by atoms with Crippen molar-refractivity contribution < 1.29 is 25.1 Å². The SMILES string of the molecule is CC(C)(Cc1ccc(Cl)cc1)[NH2+]CCCC(c1ccccc1)c1ccccn1.O=C([O-])/C=C/C(=O)O. The summed E-state index contributed by atoms with van der Waals surface area (Å²) < 4.78 is 0. The van der Waals surface area contributed by atoms with Gasteiger partial charge < -0.3 is 20.3 Å². The summed E-state index contributed by atoms with van der Waals surface area (Å²) in [5.41, 5.74) is 4.01.